The van der Waals surface area contributed by atoms with E-state index in [-0.39, 0.29) is 11.8 Å². The summed E-state index contributed by atoms with van der Waals surface area (Å²) in [5, 5.41) is 1.10. The van der Waals surface area contributed by atoms with Crippen molar-refractivity contribution in [1.29, 1.82) is 0 Å². The second-order valence-electron chi connectivity index (χ2n) is 7.39. The number of benzene rings is 2. The lowest BCUT2D eigenvalue weighted by atomic mass is 9.96. The van der Waals surface area contributed by atoms with Gasteiger partial charge in [-0.1, -0.05) is 37.6 Å². The molecule has 146 valence electrons. The molecule has 3 aromatic rings. The molecule has 0 atom stereocenters. The van der Waals surface area contributed by atoms with E-state index in [1.54, 1.807) is 11.8 Å². The van der Waals surface area contributed by atoms with Gasteiger partial charge in [0.1, 0.15) is 5.52 Å². The van der Waals surface area contributed by atoms with E-state index >= 15 is 0 Å². The number of rotatable bonds is 4. The number of oxazole rings is 1. The molecule has 2 aromatic carbocycles. The fourth-order valence-electron chi connectivity index (χ4n) is 3.59. The van der Waals surface area contributed by atoms with Crippen molar-refractivity contribution in [3.8, 4) is 0 Å². The zero-order valence-electron chi connectivity index (χ0n) is 16.0. The molecule has 1 fully saturated rings. The molecule has 0 N–H and O–H groups in total. The zero-order valence-corrected chi connectivity index (χ0v) is 17.6. The van der Waals surface area contributed by atoms with E-state index in [1.165, 1.54) is 0 Å². The summed E-state index contributed by atoms with van der Waals surface area (Å²) in [7, 11) is 0. The molecule has 0 spiro atoms. The Morgan fingerprint density at radius 3 is 2.71 bits per heavy atom. The largest absolute Gasteiger partial charge is 0.440 e. The molecule has 1 amide bonds. The number of nitrogens with zero attached hydrogens (tertiary/aromatic N) is 2. The van der Waals surface area contributed by atoms with Crippen LogP contribution in [0.5, 0.6) is 0 Å². The smallest absolute Gasteiger partial charge is 0.254 e. The molecule has 4 nitrogen and oxygen atoms in total. The Morgan fingerprint density at radius 1 is 1.21 bits per heavy atom. The van der Waals surface area contributed by atoms with Crippen molar-refractivity contribution in [3.63, 3.8) is 0 Å². The lowest BCUT2D eigenvalue weighted by Gasteiger charge is -2.31. The fraction of sp³-hybridized carbons (Fsp3) is 0.364. The van der Waals surface area contributed by atoms with Crippen LogP contribution in [0.2, 0.25) is 5.02 Å². The minimum absolute atomic E-state index is 0.117. The van der Waals surface area contributed by atoms with Gasteiger partial charge in [0.05, 0.1) is 5.56 Å². The Bertz CT molecular complexity index is 993. The summed E-state index contributed by atoms with van der Waals surface area (Å²) >= 11 is 7.78. The first kappa shape index (κ1) is 19.3. The molecule has 1 aromatic heterocycles. The second-order valence-corrected chi connectivity index (χ2v) is 9.45. The van der Waals surface area contributed by atoms with Gasteiger partial charge in [-0.05, 0) is 43.2 Å². The van der Waals surface area contributed by atoms with Crippen molar-refractivity contribution in [2.45, 2.75) is 42.8 Å². The van der Waals surface area contributed by atoms with Crippen LogP contribution >= 0.6 is 23.4 Å². The Balaban J connectivity index is 1.46. The fourth-order valence-corrected chi connectivity index (χ4v) is 4.71. The topological polar surface area (TPSA) is 46.3 Å². The Hall–Kier alpha value is -1.98. The SMILES string of the molecule is CC(C)Sc1ccccc1C(=O)N1CCC(c2nc3cc(Cl)ccc3o2)CC1. The van der Waals surface area contributed by atoms with Gasteiger partial charge in [0.25, 0.3) is 5.91 Å². The third-order valence-corrected chi connectivity index (χ3v) is 6.29. The van der Waals surface area contributed by atoms with Crippen LogP contribution in [-0.2, 0) is 0 Å². The van der Waals surface area contributed by atoms with Crippen molar-refractivity contribution in [3.05, 3.63) is 58.9 Å². The van der Waals surface area contributed by atoms with E-state index in [2.05, 4.69) is 18.8 Å². The highest BCUT2D eigenvalue weighted by Crippen LogP contribution is 2.33. The van der Waals surface area contributed by atoms with Gasteiger partial charge >= 0.3 is 0 Å². The van der Waals surface area contributed by atoms with Crippen molar-refractivity contribution >= 4 is 40.4 Å². The van der Waals surface area contributed by atoms with Crippen molar-refractivity contribution in [2.24, 2.45) is 0 Å². The van der Waals surface area contributed by atoms with Crippen LogP contribution in [0.1, 0.15) is 48.9 Å². The van der Waals surface area contributed by atoms with Gasteiger partial charge in [-0.15, -0.1) is 11.8 Å². The Labute approximate surface area is 174 Å². The Morgan fingerprint density at radius 2 is 1.96 bits per heavy atom. The van der Waals surface area contributed by atoms with Crippen molar-refractivity contribution in [2.75, 3.05) is 13.1 Å². The molecule has 0 bridgehead atoms. The maximum absolute atomic E-state index is 13.1. The number of carbonyl (C=O) groups excluding carboxylic acids is 1. The average Bonchev–Trinajstić information content (AvgIpc) is 3.11. The van der Waals surface area contributed by atoms with Crippen LogP contribution in [0.3, 0.4) is 0 Å². The van der Waals surface area contributed by atoms with Gasteiger partial charge in [-0.25, -0.2) is 4.98 Å². The summed E-state index contributed by atoms with van der Waals surface area (Å²) in [4.78, 5) is 20.7. The minimum atomic E-state index is 0.117. The summed E-state index contributed by atoms with van der Waals surface area (Å²) in [6.07, 6.45) is 1.71. The number of likely N-dealkylation sites (tertiary alicyclic amines) is 1. The second kappa shape index (κ2) is 8.18. The zero-order chi connectivity index (χ0) is 19.7. The summed E-state index contributed by atoms with van der Waals surface area (Å²) in [6, 6.07) is 13.4. The summed E-state index contributed by atoms with van der Waals surface area (Å²) in [6.45, 7) is 5.71. The lowest BCUT2D eigenvalue weighted by Crippen LogP contribution is -2.38. The first-order valence-electron chi connectivity index (χ1n) is 9.62. The van der Waals surface area contributed by atoms with Crippen LogP contribution < -0.4 is 0 Å². The number of hydrogen-bond acceptors (Lipinski definition) is 4. The first-order chi connectivity index (χ1) is 13.5. The highest BCUT2D eigenvalue weighted by molar-refractivity contribution is 8.00. The number of fused-ring (bicyclic) bond motifs is 1. The monoisotopic (exact) mass is 414 g/mol. The van der Waals surface area contributed by atoms with Crippen LogP contribution in [0.4, 0.5) is 0 Å². The molecule has 1 aliphatic heterocycles. The number of hydrogen-bond donors (Lipinski definition) is 0. The number of piperidine rings is 1. The van der Waals surface area contributed by atoms with Gasteiger partial charge in [0.2, 0.25) is 0 Å². The summed E-state index contributed by atoms with van der Waals surface area (Å²) in [5.41, 5.74) is 2.36. The molecule has 2 heterocycles. The standard InChI is InChI=1S/C22H23ClN2O2S/c1-14(2)28-20-6-4-3-5-17(20)22(26)25-11-9-15(10-12-25)21-24-18-13-16(23)7-8-19(18)27-21/h3-8,13-15H,9-12H2,1-2H3. The molecule has 1 saturated heterocycles. The summed E-state index contributed by atoms with van der Waals surface area (Å²) in [5.74, 6) is 1.10. The average molecular weight is 415 g/mol. The maximum Gasteiger partial charge on any atom is 0.254 e. The van der Waals surface area contributed by atoms with Gasteiger partial charge < -0.3 is 9.32 Å². The number of carbonyl (C=O) groups is 1. The quantitative estimate of drug-likeness (QED) is 0.491. The van der Waals surface area contributed by atoms with E-state index < -0.39 is 0 Å². The van der Waals surface area contributed by atoms with Crippen LogP contribution in [0, 0.1) is 0 Å². The Kier molecular flexibility index (Phi) is 5.65. The van der Waals surface area contributed by atoms with Gasteiger partial charge in [-0.2, -0.15) is 0 Å². The van der Waals surface area contributed by atoms with Gasteiger partial charge in [-0.3, -0.25) is 4.79 Å². The molecule has 4 rings (SSSR count). The predicted molar refractivity (Wildman–Crippen MR) is 114 cm³/mol. The molecule has 0 saturated carbocycles. The maximum atomic E-state index is 13.1. The lowest BCUT2D eigenvalue weighted by molar-refractivity contribution is 0.0703. The number of amides is 1. The molecule has 0 aliphatic carbocycles. The third-order valence-electron chi connectivity index (χ3n) is 4.98. The number of thioether (sulfide) groups is 1. The molecular formula is C22H23ClN2O2S. The van der Waals surface area contributed by atoms with E-state index in [9.17, 15) is 4.79 Å². The van der Waals surface area contributed by atoms with Crippen LogP contribution in [-0.4, -0.2) is 34.1 Å². The molecule has 6 heteroatoms. The molecule has 0 unspecified atom stereocenters. The number of halogens is 1. The van der Waals surface area contributed by atoms with Crippen LogP contribution in [0.25, 0.3) is 11.1 Å². The van der Waals surface area contributed by atoms with Crippen molar-refractivity contribution < 1.29 is 9.21 Å². The van der Waals surface area contributed by atoms with E-state index in [0.29, 0.717) is 23.4 Å². The van der Waals surface area contributed by atoms with E-state index in [0.717, 1.165) is 40.3 Å². The minimum Gasteiger partial charge on any atom is -0.440 e. The first-order valence-corrected chi connectivity index (χ1v) is 10.9. The van der Waals surface area contributed by atoms with E-state index in [4.69, 9.17) is 16.0 Å². The van der Waals surface area contributed by atoms with Gasteiger partial charge in [0.15, 0.2) is 11.5 Å². The van der Waals surface area contributed by atoms with Crippen LogP contribution in [0.15, 0.2) is 51.8 Å². The number of aromatic nitrogens is 1. The molecule has 28 heavy (non-hydrogen) atoms. The third kappa shape index (κ3) is 4.06. The molecular weight excluding hydrogens is 392 g/mol. The predicted octanol–water partition coefficient (Wildman–Crippen LogP) is 6.00. The highest BCUT2D eigenvalue weighted by atomic mass is 35.5. The highest BCUT2D eigenvalue weighted by Gasteiger charge is 2.28. The van der Waals surface area contributed by atoms with Crippen molar-refractivity contribution in [1.82, 2.24) is 9.88 Å². The summed E-state index contributed by atoms with van der Waals surface area (Å²) < 4.78 is 5.93. The van der Waals surface area contributed by atoms with Gasteiger partial charge in [0, 0.05) is 34.2 Å². The normalized spacial score (nSPS) is 15.5. The molecule has 1 aliphatic rings. The van der Waals surface area contributed by atoms with E-state index in [1.807, 2.05) is 47.4 Å². The molecule has 0 radical (unpaired) electrons.